The molecule has 0 bridgehead atoms. The SMILES string of the molecule is COC(=O)CCN1CC[C@@](C)(c2cccc(O)c2)[C@@H](C)[C@@H]1[C@H](O)c1ccccc1. The van der Waals surface area contributed by atoms with E-state index in [0.717, 1.165) is 24.1 Å². The number of hydrogen-bond donors (Lipinski definition) is 2. The van der Waals surface area contributed by atoms with Crippen molar-refractivity contribution in [1.82, 2.24) is 4.90 Å². The highest BCUT2D eigenvalue weighted by molar-refractivity contribution is 5.69. The summed E-state index contributed by atoms with van der Waals surface area (Å²) < 4.78 is 4.82. The van der Waals surface area contributed by atoms with Crippen LogP contribution in [0.25, 0.3) is 0 Å². The van der Waals surface area contributed by atoms with Crippen molar-refractivity contribution in [2.75, 3.05) is 20.2 Å². The van der Waals surface area contributed by atoms with E-state index in [4.69, 9.17) is 4.74 Å². The molecule has 1 aliphatic heterocycles. The normalized spacial score (nSPS) is 26.1. The Morgan fingerprint density at radius 1 is 1.24 bits per heavy atom. The summed E-state index contributed by atoms with van der Waals surface area (Å²) in [5.41, 5.74) is 1.73. The van der Waals surface area contributed by atoms with E-state index in [1.54, 1.807) is 6.07 Å². The van der Waals surface area contributed by atoms with Crippen LogP contribution in [0.4, 0.5) is 0 Å². The fraction of sp³-hybridized carbons (Fsp3) is 0.458. The molecule has 0 unspecified atom stereocenters. The van der Waals surface area contributed by atoms with Gasteiger partial charge < -0.3 is 14.9 Å². The number of hydrogen-bond acceptors (Lipinski definition) is 5. The molecule has 1 heterocycles. The summed E-state index contributed by atoms with van der Waals surface area (Å²) in [7, 11) is 1.40. The fourth-order valence-electron chi connectivity index (χ4n) is 4.63. The lowest BCUT2D eigenvalue weighted by Gasteiger charge is -2.52. The van der Waals surface area contributed by atoms with Gasteiger partial charge in [0.25, 0.3) is 0 Å². The number of aliphatic hydroxyl groups excluding tert-OH is 1. The minimum absolute atomic E-state index is 0.0888. The molecule has 1 saturated heterocycles. The highest BCUT2D eigenvalue weighted by atomic mass is 16.5. The molecule has 2 aromatic rings. The number of ether oxygens (including phenoxy) is 1. The average Bonchev–Trinajstić information content (AvgIpc) is 2.74. The van der Waals surface area contributed by atoms with Crippen LogP contribution in [-0.2, 0) is 14.9 Å². The summed E-state index contributed by atoms with van der Waals surface area (Å²) in [6.07, 6.45) is 0.488. The molecular weight excluding hydrogens is 366 g/mol. The van der Waals surface area contributed by atoms with E-state index in [2.05, 4.69) is 18.7 Å². The predicted octanol–water partition coefficient (Wildman–Crippen LogP) is 3.66. The zero-order valence-electron chi connectivity index (χ0n) is 17.4. The Morgan fingerprint density at radius 2 is 1.97 bits per heavy atom. The quantitative estimate of drug-likeness (QED) is 0.728. The monoisotopic (exact) mass is 397 g/mol. The smallest absolute Gasteiger partial charge is 0.306 e. The van der Waals surface area contributed by atoms with Crippen LogP contribution in [-0.4, -0.2) is 47.3 Å². The number of likely N-dealkylation sites (tertiary alicyclic amines) is 1. The van der Waals surface area contributed by atoms with Crippen molar-refractivity contribution in [3.63, 3.8) is 0 Å². The highest BCUT2D eigenvalue weighted by Crippen LogP contribution is 2.46. The summed E-state index contributed by atoms with van der Waals surface area (Å²) >= 11 is 0. The van der Waals surface area contributed by atoms with E-state index in [1.807, 2.05) is 48.5 Å². The molecule has 5 heteroatoms. The first-order chi connectivity index (χ1) is 13.9. The minimum Gasteiger partial charge on any atom is -0.508 e. The van der Waals surface area contributed by atoms with Crippen LogP contribution in [0.2, 0.25) is 0 Å². The maximum atomic E-state index is 11.7. The number of methoxy groups -OCH3 is 1. The largest absolute Gasteiger partial charge is 0.508 e. The van der Waals surface area contributed by atoms with Gasteiger partial charge in [-0.2, -0.15) is 0 Å². The molecule has 0 amide bonds. The molecule has 156 valence electrons. The van der Waals surface area contributed by atoms with E-state index in [-0.39, 0.29) is 29.1 Å². The molecule has 4 atom stereocenters. The van der Waals surface area contributed by atoms with Gasteiger partial charge in [0, 0.05) is 12.6 Å². The summed E-state index contributed by atoms with van der Waals surface area (Å²) in [6, 6.07) is 16.9. The van der Waals surface area contributed by atoms with Crippen molar-refractivity contribution < 1.29 is 19.7 Å². The molecular formula is C24H31NO4. The Morgan fingerprint density at radius 3 is 2.62 bits per heavy atom. The molecule has 0 aliphatic carbocycles. The molecule has 0 saturated carbocycles. The number of piperidine rings is 1. The van der Waals surface area contributed by atoms with E-state index >= 15 is 0 Å². The number of aliphatic hydroxyl groups is 1. The molecule has 1 fully saturated rings. The van der Waals surface area contributed by atoms with Gasteiger partial charge in [0.1, 0.15) is 5.75 Å². The molecule has 0 radical (unpaired) electrons. The van der Waals surface area contributed by atoms with Gasteiger partial charge in [0.05, 0.1) is 19.6 Å². The average molecular weight is 398 g/mol. The number of phenols is 1. The van der Waals surface area contributed by atoms with E-state index in [0.29, 0.717) is 13.0 Å². The molecule has 0 spiro atoms. The zero-order chi connectivity index (χ0) is 21.0. The molecule has 2 aromatic carbocycles. The summed E-state index contributed by atoms with van der Waals surface area (Å²) in [5.74, 6) is 0.0991. The van der Waals surface area contributed by atoms with E-state index in [9.17, 15) is 15.0 Å². The molecule has 29 heavy (non-hydrogen) atoms. The van der Waals surface area contributed by atoms with E-state index in [1.165, 1.54) is 7.11 Å². The maximum absolute atomic E-state index is 11.7. The van der Waals surface area contributed by atoms with Gasteiger partial charge in [-0.15, -0.1) is 0 Å². The van der Waals surface area contributed by atoms with Crippen LogP contribution in [0.15, 0.2) is 54.6 Å². The van der Waals surface area contributed by atoms with E-state index < -0.39 is 6.10 Å². The van der Waals surface area contributed by atoms with Gasteiger partial charge in [-0.05, 0) is 47.6 Å². The van der Waals surface area contributed by atoms with Crippen LogP contribution in [0.5, 0.6) is 5.75 Å². The van der Waals surface area contributed by atoms with Crippen LogP contribution in [0.1, 0.15) is 43.9 Å². The standard InChI is InChI=1S/C24H31NO4/c1-17-22(23(28)18-8-5-4-6-9-18)25(14-12-21(27)29-3)15-13-24(17,2)19-10-7-11-20(26)16-19/h4-11,16-17,22-23,26,28H,12-15H2,1-3H3/t17-,22+,23+,24+/m0/s1. The number of phenolic OH excluding ortho intramolecular Hbond substituents is 1. The van der Waals surface area contributed by atoms with Gasteiger partial charge in [-0.3, -0.25) is 9.69 Å². The lowest BCUT2D eigenvalue weighted by Crippen LogP contribution is -2.56. The second kappa shape index (κ2) is 8.97. The summed E-state index contributed by atoms with van der Waals surface area (Å²) in [6.45, 7) is 5.66. The summed E-state index contributed by atoms with van der Waals surface area (Å²) in [4.78, 5) is 13.9. The predicted molar refractivity (Wildman–Crippen MR) is 113 cm³/mol. The Kier molecular flexibility index (Phi) is 6.60. The molecule has 3 rings (SSSR count). The Balaban J connectivity index is 1.94. The maximum Gasteiger partial charge on any atom is 0.306 e. The minimum atomic E-state index is -0.680. The summed E-state index contributed by atoms with van der Waals surface area (Å²) in [5, 5.41) is 21.3. The highest BCUT2D eigenvalue weighted by Gasteiger charge is 2.47. The first kappa shape index (κ1) is 21.3. The number of aromatic hydroxyl groups is 1. The Hall–Kier alpha value is -2.37. The van der Waals surface area contributed by atoms with Crippen molar-refractivity contribution >= 4 is 5.97 Å². The first-order valence-electron chi connectivity index (χ1n) is 10.2. The lowest BCUT2D eigenvalue weighted by molar-refractivity contribution is -0.141. The number of esters is 1. The molecule has 1 aliphatic rings. The first-order valence-corrected chi connectivity index (χ1v) is 10.2. The van der Waals surface area contributed by atoms with Gasteiger partial charge in [0.15, 0.2) is 0 Å². The van der Waals surface area contributed by atoms with Gasteiger partial charge in [-0.1, -0.05) is 56.3 Å². The third-order valence-corrected chi connectivity index (χ3v) is 6.66. The van der Waals surface area contributed by atoms with Crippen molar-refractivity contribution in [3.8, 4) is 5.75 Å². The number of carbonyl (C=O) groups is 1. The Labute approximate surface area is 172 Å². The van der Waals surface area contributed by atoms with Gasteiger partial charge >= 0.3 is 5.97 Å². The second-order valence-corrected chi connectivity index (χ2v) is 8.21. The number of benzene rings is 2. The van der Waals surface area contributed by atoms with Crippen molar-refractivity contribution in [2.24, 2.45) is 5.92 Å². The number of rotatable bonds is 6. The van der Waals surface area contributed by atoms with Crippen LogP contribution < -0.4 is 0 Å². The van der Waals surface area contributed by atoms with Crippen molar-refractivity contribution in [2.45, 2.75) is 44.2 Å². The van der Waals surface area contributed by atoms with Crippen LogP contribution >= 0.6 is 0 Å². The third kappa shape index (κ3) is 4.46. The van der Waals surface area contributed by atoms with Crippen LogP contribution in [0, 0.1) is 5.92 Å². The van der Waals surface area contributed by atoms with Crippen molar-refractivity contribution in [3.05, 3.63) is 65.7 Å². The molecule has 0 aromatic heterocycles. The zero-order valence-corrected chi connectivity index (χ0v) is 17.4. The second-order valence-electron chi connectivity index (χ2n) is 8.21. The third-order valence-electron chi connectivity index (χ3n) is 6.66. The Bertz CT molecular complexity index is 825. The fourth-order valence-corrected chi connectivity index (χ4v) is 4.63. The molecule has 2 N–H and O–H groups in total. The van der Waals surface area contributed by atoms with Crippen LogP contribution in [0.3, 0.4) is 0 Å². The topological polar surface area (TPSA) is 70.0 Å². The van der Waals surface area contributed by atoms with Gasteiger partial charge in [0.2, 0.25) is 0 Å². The lowest BCUT2D eigenvalue weighted by atomic mass is 9.63. The number of nitrogens with zero attached hydrogens (tertiary/aromatic N) is 1. The van der Waals surface area contributed by atoms with Gasteiger partial charge in [-0.25, -0.2) is 0 Å². The van der Waals surface area contributed by atoms with Crippen molar-refractivity contribution in [1.29, 1.82) is 0 Å². The number of carbonyl (C=O) groups excluding carboxylic acids is 1. The molecule has 5 nitrogen and oxygen atoms in total.